The lowest BCUT2D eigenvalue weighted by Gasteiger charge is -2.11. The Kier molecular flexibility index (Phi) is 4.07. The first-order chi connectivity index (χ1) is 10.4. The quantitative estimate of drug-likeness (QED) is 0.658. The Morgan fingerprint density at radius 1 is 0.957 bits per heavy atom. The van der Waals surface area contributed by atoms with Crippen molar-refractivity contribution in [1.29, 1.82) is 0 Å². The SMILES string of the molecule is Cn1c(O)cc(-c2ccc(S(=O)(=O)O)cc2)c(S(=O)(=O)O)c1=O. The molecule has 0 atom stereocenters. The van der Waals surface area contributed by atoms with Crippen molar-refractivity contribution in [2.45, 2.75) is 9.79 Å². The first-order valence-corrected chi connectivity index (χ1v) is 8.79. The van der Waals surface area contributed by atoms with E-state index in [0.29, 0.717) is 4.57 Å². The molecule has 0 fully saturated rings. The van der Waals surface area contributed by atoms with E-state index in [4.69, 9.17) is 4.55 Å². The molecule has 0 spiro atoms. The highest BCUT2D eigenvalue weighted by atomic mass is 32.2. The largest absolute Gasteiger partial charge is 0.494 e. The van der Waals surface area contributed by atoms with Crippen molar-refractivity contribution in [3.05, 3.63) is 40.7 Å². The number of aromatic nitrogens is 1. The molecule has 0 saturated carbocycles. The van der Waals surface area contributed by atoms with Crippen LogP contribution in [0.25, 0.3) is 11.1 Å². The molecule has 1 aromatic heterocycles. The van der Waals surface area contributed by atoms with Gasteiger partial charge in [0.25, 0.3) is 15.7 Å². The van der Waals surface area contributed by atoms with Crippen LogP contribution in [0, 0.1) is 0 Å². The van der Waals surface area contributed by atoms with E-state index in [9.17, 15) is 31.3 Å². The molecule has 0 amide bonds. The van der Waals surface area contributed by atoms with Gasteiger partial charge in [-0.05, 0) is 17.7 Å². The van der Waals surface area contributed by atoms with Gasteiger partial charge in [0.2, 0.25) is 0 Å². The van der Waals surface area contributed by atoms with E-state index in [1.54, 1.807) is 0 Å². The van der Waals surface area contributed by atoms with E-state index in [2.05, 4.69) is 0 Å². The van der Waals surface area contributed by atoms with Crippen LogP contribution in [0.4, 0.5) is 0 Å². The van der Waals surface area contributed by atoms with Gasteiger partial charge in [-0.3, -0.25) is 18.5 Å². The summed E-state index contributed by atoms with van der Waals surface area (Å²) in [6, 6.07) is 5.13. The summed E-state index contributed by atoms with van der Waals surface area (Å²) < 4.78 is 63.7. The first kappa shape index (κ1) is 17.1. The molecule has 0 bridgehead atoms. The van der Waals surface area contributed by atoms with Gasteiger partial charge in [-0.15, -0.1) is 0 Å². The van der Waals surface area contributed by atoms with E-state index >= 15 is 0 Å². The number of nitrogens with zero attached hydrogens (tertiary/aromatic N) is 1. The number of aromatic hydroxyl groups is 1. The minimum atomic E-state index is -4.90. The minimum absolute atomic E-state index is 0.0398. The number of pyridine rings is 1. The smallest absolute Gasteiger partial charge is 0.300 e. The van der Waals surface area contributed by atoms with Crippen LogP contribution in [-0.4, -0.2) is 35.6 Å². The van der Waals surface area contributed by atoms with Crippen molar-refractivity contribution in [2.24, 2.45) is 7.05 Å². The Hall–Kier alpha value is -2.21. The standard InChI is InChI=1S/C12H11NO8S2/c1-13-10(14)6-9(11(12(13)15)23(19,20)21)7-2-4-8(5-3-7)22(16,17)18/h2-6,14H,1H3,(H,16,17,18)(H,19,20,21). The molecule has 2 aromatic rings. The molecule has 2 rings (SSSR count). The predicted octanol–water partition coefficient (Wildman–Crippen LogP) is 0.251. The van der Waals surface area contributed by atoms with Crippen molar-refractivity contribution < 1.29 is 31.0 Å². The van der Waals surface area contributed by atoms with Gasteiger partial charge in [0.05, 0.1) is 4.90 Å². The van der Waals surface area contributed by atoms with E-state index in [1.165, 1.54) is 0 Å². The summed E-state index contributed by atoms with van der Waals surface area (Å²) in [6.45, 7) is 0. The fourth-order valence-corrected chi connectivity index (χ4v) is 3.23. The third-order valence-electron chi connectivity index (χ3n) is 3.08. The molecule has 3 N–H and O–H groups in total. The average molecular weight is 361 g/mol. The van der Waals surface area contributed by atoms with Gasteiger partial charge in [-0.1, -0.05) is 12.1 Å². The molecule has 0 aliphatic carbocycles. The highest BCUT2D eigenvalue weighted by molar-refractivity contribution is 7.86. The summed E-state index contributed by atoms with van der Waals surface area (Å²) in [7, 11) is -8.24. The number of hydrogen-bond acceptors (Lipinski definition) is 6. The highest BCUT2D eigenvalue weighted by Gasteiger charge is 2.24. The van der Waals surface area contributed by atoms with Crippen LogP contribution in [0.3, 0.4) is 0 Å². The molecule has 23 heavy (non-hydrogen) atoms. The lowest BCUT2D eigenvalue weighted by molar-refractivity contribution is 0.419. The molecule has 11 heteroatoms. The summed E-state index contributed by atoms with van der Waals surface area (Å²) in [5, 5.41) is 9.67. The summed E-state index contributed by atoms with van der Waals surface area (Å²) in [5.41, 5.74) is -1.42. The number of benzene rings is 1. The topological polar surface area (TPSA) is 151 Å². The molecule has 124 valence electrons. The average Bonchev–Trinajstić information content (AvgIpc) is 2.42. The zero-order valence-electron chi connectivity index (χ0n) is 11.5. The van der Waals surface area contributed by atoms with Crippen LogP contribution >= 0.6 is 0 Å². The lowest BCUT2D eigenvalue weighted by atomic mass is 10.1. The monoisotopic (exact) mass is 361 g/mol. The molecule has 0 aliphatic heterocycles. The van der Waals surface area contributed by atoms with Crippen LogP contribution in [-0.2, 0) is 27.3 Å². The van der Waals surface area contributed by atoms with Crippen LogP contribution in [0.15, 0.2) is 44.9 Å². The zero-order chi connectivity index (χ0) is 17.6. The van der Waals surface area contributed by atoms with E-state index in [0.717, 1.165) is 37.4 Å². The fraction of sp³-hybridized carbons (Fsp3) is 0.0833. The normalized spacial score (nSPS) is 12.3. The van der Waals surface area contributed by atoms with Crippen LogP contribution in [0.1, 0.15) is 0 Å². The summed E-state index contributed by atoms with van der Waals surface area (Å²) in [4.78, 5) is 10.6. The second-order valence-corrected chi connectivity index (χ2v) is 7.36. The highest BCUT2D eigenvalue weighted by Crippen LogP contribution is 2.28. The van der Waals surface area contributed by atoms with Gasteiger partial charge < -0.3 is 5.11 Å². The van der Waals surface area contributed by atoms with Crippen LogP contribution < -0.4 is 5.56 Å². The second kappa shape index (κ2) is 5.45. The molecule has 9 nitrogen and oxygen atoms in total. The lowest BCUT2D eigenvalue weighted by Crippen LogP contribution is -2.24. The molecular formula is C12H11NO8S2. The summed E-state index contributed by atoms with van der Waals surface area (Å²) >= 11 is 0. The zero-order valence-corrected chi connectivity index (χ0v) is 13.2. The number of hydrogen-bond donors (Lipinski definition) is 3. The third kappa shape index (κ3) is 3.27. The van der Waals surface area contributed by atoms with Gasteiger partial charge in [0.15, 0.2) is 10.8 Å². The predicted molar refractivity (Wildman–Crippen MR) is 78.4 cm³/mol. The van der Waals surface area contributed by atoms with E-state index < -0.39 is 41.5 Å². The number of rotatable bonds is 3. The maximum absolute atomic E-state index is 12.0. The van der Waals surface area contributed by atoms with Crippen molar-refractivity contribution in [1.82, 2.24) is 4.57 Å². The van der Waals surface area contributed by atoms with E-state index in [1.807, 2.05) is 0 Å². The Morgan fingerprint density at radius 2 is 1.48 bits per heavy atom. The molecule has 1 aromatic carbocycles. The minimum Gasteiger partial charge on any atom is -0.494 e. The van der Waals surface area contributed by atoms with Crippen LogP contribution in [0.5, 0.6) is 5.88 Å². The molecule has 0 aliphatic rings. The van der Waals surface area contributed by atoms with Gasteiger partial charge in [-0.25, -0.2) is 0 Å². The fourth-order valence-electron chi connectivity index (χ4n) is 1.93. The molecule has 0 radical (unpaired) electrons. The Bertz CT molecular complexity index is 1030. The Labute approximate surface area is 130 Å². The first-order valence-electron chi connectivity index (χ1n) is 5.91. The van der Waals surface area contributed by atoms with Crippen molar-refractivity contribution in [2.75, 3.05) is 0 Å². The maximum atomic E-state index is 12.0. The summed E-state index contributed by atoms with van der Waals surface area (Å²) in [6.07, 6.45) is 0. The van der Waals surface area contributed by atoms with Gasteiger partial charge >= 0.3 is 10.1 Å². The maximum Gasteiger partial charge on any atom is 0.300 e. The molecule has 0 unspecified atom stereocenters. The van der Waals surface area contributed by atoms with Gasteiger partial charge in [-0.2, -0.15) is 16.8 Å². The molecule has 0 saturated heterocycles. The van der Waals surface area contributed by atoms with Crippen molar-refractivity contribution in [3.8, 4) is 17.0 Å². The van der Waals surface area contributed by atoms with Gasteiger partial charge in [0, 0.05) is 18.7 Å². The Balaban J connectivity index is 2.81. The Morgan fingerprint density at radius 3 is 1.91 bits per heavy atom. The van der Waals surface area contributed by atoms with E-state index in [-0.39, 0.29) is 11.1 Å². The van der Waals surface area contributed by atoms with Crippen molar-refractivity contribution in [3.63, 3.8) is 0 Å². The van der Waals surface area contributed by atoms with Crippen molar-refractivity contribution >= 4 is 20.2 Å². The second-order valence-electron chi connectivity index (χ2n) is 4.58. The van der Waals surface area contributed by atoms with Gasteiger partial charge in [0.1, 0.15) is 0 Å². The third-order valence-corrected chi connectivity index (χ3v) is 4.86. The molecule has 1 heterocycles. The molecular weight excluding hydrogens is 350 g/mol. The van der Waals surface area contributed by atoms with Crippen LogP contribution in [0.2, 0.25) is 0 Å². The summed E-state index contributed by atoms with van der Waals surface area (Å²) in [5.74, 6) is -0.559.